The molecular formula is C20H24N2O6S. The van der Waals surface area contributed by atoms with Crippen molar-refractivity contribution in [2.75, 3.05) is 47.0 Å². The van der Waals surface area contributed by atoms with Crippen molar-refractivity contribution in [1.82, 2.24) is 9.21 Å². The summed E-state index contributed by atoms with van der Waals surface area (Å²) >= 11 is 0. The summed E-state index contributed by atoms with van der Waals surface area (Å²) in [6.45, 7) is 0.894. The van der Waals surface area contributed by atoms with Crippen LogP contribution in [0, 0.1) is 0 Å². The van der Waals surface area contributed by atoms with Crippen molar-refractivity contribution >= 4 is 15.9 Å². The zero-order chi connectivity index (χ0) is 20.9. The summed E-state index contributed by atoms with van der Waals surface area (Å²) in [5.41, 5.74) is 0. The molecule has 0 bridgehead atoms. The predicted molar refractivity (Wildman–Crippen MR) is 107 cm³/mol. The van der Waals surface area contributed by atoms with Crippen LogP contribution in [-0.2, 0) is 14.8 Å². The van der Waals surface area contributed by atoms with E-state index >= 15 is 0 Å². The highest BCUT2D eigenvalue weighted by Gasteiger charge is 2.32. The molecule has 3 rings (SSSR count). The maximum absolute atomic E-state index is 13.1. The monoisotopic (exact) mass is 420 g/mol. The van der Waals surface area contributed by atoms with Crippen molar-refractivity contribution in [3.8, 4) is 17.2 Å². The molecule has 8 nitrogen and oxygen atoms in total. The van der Waals surface area contributed by atoms with Gasteiger partial charge < -0.3 is 19.1 Å². The average Bonchev–Trinajstić information content (AvgIpc) is 2.77. The first-order valence-corrected chi connectivity index (χ1v) is 10.6. The molecule has 29 heavy (non-hydrogen) atoms. The SMILES string of the molecule is COc1ccc(OC)c(S(=O)(=O)N2CCN(C(=O)COc3ccccc3)CC2)c1. The van der Waals surface area contributed by atoms with E-state index in [0.29, 0.717) is 24.6 Å². The zero-order valence-corrected chi connectivity index (χ0v) is 17.2. The van der Waals surface area contributed by atoms with E-state index in [4.69, 9.17) is 14.2 Å². The van der Waals surface area contributed by atoms with Gasteiger partial charge in [0, 0.05) is 32.2 Å². The Balaban J connectivity index is 1.63. The van der Waals surface area contributed by atoms with E-state index in [1.807, 2.05) is 18.2 Å². The Kier molecular flexibility index (Phi) is 6.60. The lowest BCUT2D eigenvalue weighted by atomic mass is 10.3. The van der Waals surface area contributed by atoms with Gasteiger partial charge in [-0.25, -0.2) is 8.42 Å². The van der Waals surface area contributed by atoms with Gasteiger partial charge in [-0.1, -0.05) is 18.2 Å². The number of methoxy groups -OCH3 is 2. The number of carbonyl (C=O) groups excluding carboxylic acids is 1. The summed E-state index contributed by atoms with van der Waals surface area (Å²) in [6, 6.07) is 13.7. The van der Waals surface area contributed by atoms with Crippen molar-refractivity contribution in [2.24, 2.45) is 0 Å². The van der Waals surface area contributed by atoms with Gasteiger partial charge in [0.25, 0.3) is 5.91 Å². The topological polar surface area (TPSA) is 85.4 Å². The van der Waals surface area contributed by atoms with Crippen LogP contribution in [0.15, 0.2) is 53.4 Å². The highest BCUT2D eigenvalue weighted by molar-refractivity contribution is 7.89. The largest absolute Gasteiger partial charge is 0.497 e. The average molecular weight is 420 g/mol. The molecule has 1 aliphatic heterocycles. The van der Waals surface area contributed by atoms with Gasteiger partial charge >= 0.3 is 0 Å². The molecule has 1 saturated heterocycles. The lowest BCUT2D eigenvalue weighted by molar-refractivity contribution is -0.134. The number of amides is 1. The first-order chi connectivity index (χ1) is 14.0. The van der Waals surface area contributed by atoms with Gasteiger partial charge in [-0.15, -0.1) is 0 Å². The van der Waals surface area contributed by atoms with Crippen molar-refractivity contribution in [3.05, 3.63) is 48.5 Å². The van der Waals surface area contributed by atoms with E-state index in [1.165, 1.54) is 24.6 Å². The second kappa shape index (κ2) is 9.15. The summed E-state index contributed by atoms with van der Waals surface area (Å²) in [4.78, 5) is 14.0. The normalized spacial score (nSPS) is 15.0. The Hall–Kier alpha value is -2.78. The summed E-state index contributed by atoms with van der Waals surface area (Å²) in [5.74, 6) is 1.12. The van der Waals surface area contributed by atoms with Crippen LogP contribution in [0.5, 0.6) is 17.2 Å². The maximum atomic E-state index is 13.1. The van der Waals surface area contributed by atoms with E-state index in [-0.39, 0.29) is 36.2 Å². The molecule has 156 valence electrons. The number of nitrogens with zero attached hydrogens (tertiary/aromatic N) is 2. The molecule has 0 aliphatic carbocycles. The third kappa shape index (κ3) is 4.80. The number of rotatable bonds is 7. The van der Waals surface area contributed by atoms with Gasteiger partial charge in [-0.05, 0) is 24.3 Å². The van der Waals surface area contributed by atoms with E-state index < -0.39 is 10.0 Å². The van der Waals surface area contributed by atoms with Crippen LogP contribution < -0.4 is 14.2 Å². The van der Waals surface area contributed by atoms with Gasteiger partial charge in [0.1, 0.15) is 22.1 Å². The van der Waals surface area contributed by atoms with Crippen LogP contribution in [0.2, 0.25) is 0 Å². The number of carbonyl (C=O) groups is 1. The molecule has 1 aliphatic rings. The van der Waals surface area contributed by atoms with Crippen LogP contribution in [0.25, 0.3) is 0 Å². The number of sulfonamides is 1. The molecule has 1 amide bonds. The summed E-state index contributed by atoms with van der Waals surface area (Å²) < 4.78 is 43.4. The third-order valence-corrected chi connectivity index (χ3v) is 6.61. The minimum absolute atomic E-state index is 0.0477. The summed E-state index contributed by atoms with van der Waals surface area (Å²) in [5, 5.41) is 0. The second-order valence-electron chi connectivity index (χ2n) is 6.40. The van der Waals surface area contributed by atoms with E-state index in [9.17, 15) is 13.2 Å². The fraction of sp³-hybridized carbons (Fsp3) is 0.350. The van der Waals surface area contributed by atoms with E-state index in [2.05, 4.69) is 0 Å². The molecule has 2 aromatic carbocycles. The van der Waals surface area contributed by atoms with Crippen molar-refractivity contribution in [1.29, 1.82) is 0 Å². The molecule has 1 fully saturated rings. The third-order valence-electron chi connectivity index (χ3n) is 4.69. The Bertz CT molecular complexity index is 941. The Morgan fingerprint density at radius 3 is 2.24 bits per heavy atom. The smallest absolute Gasteiger partial charge is 0.260 e. The van der Waals surface area contributed by atoms with Crippen LogP contribution in [-0.4, -0.2) is 70.5 Å². The first kappa shape index (κ1) is 20.9. The summed E-state index contributed by atoms with van der Waals surface area (Å²) in [6.07, 6.45) is 0. The minimum atomic E-state index is -3.78. The van der Waals surface area contributed by atoms with Crippen molar-refractivity contribution in [2.45, 2.75) is 4.90 Å². The molecular weight excluding hydrogens is 396 g/mol. The standard InChI is InChI=1S/C20H24N2O6S/c1-26-17-8-9-18(27-2)19(14-17)29(24,25)22-12-10-21(11-13-22)20(23)15-28-16-6-4-3-5-7-16/h3-9,14H,10-13,15H2,1-2H3. The van der Waals surface area contributed by atoms with Crippen LogP contribution in [0.3, 0.4) is 0 Å². The molecule has 0 spiro atoms. The number of ether oxygens (including phenoxy) is 3. The number of hydrogen-bond donors (Lipinski definition) is 0. The predicted octanol–water partition coefficient (Wildman–Crippen LogP) is 1.62. The quantitative estimate of drug-likeness (QED) is 0.677. The molecule has 0 saturated carbocycles. The highest BCUT2D eigenvalue weighted by Crippen LogP contribution is 2.31. The van der Waals surface area contributed by atoms with Crippen LogP contribution in [0.1, 0.15) is 0 Å². The van der Waals surface area contributed by atoms with E-state index in [0.717, 1.165) is 0 Å². The van der Waals surface area contributed by atoms with Gasteiger partial charge in [-0.2, -0.15) is 4.31 Å². The van der Waals surface area contributed by atoms with Crippen LogP contribution >= 0.6 is 0 Å². The first-order valence-electron chi connectivity index (χ1n) is 9.13. The molecule has 0 radical (unpaired) electrons. The van der Waals surface area contributed by atoms with Crippen molar-refractivity contribution < 1.29 is 27.4 Å². The van der Waals surface area contributed by atoms with Gasteiger partial charge in [0.15, 0.2) is 6.61 Å². The fourth-order valence-electron chi connectivity index (χ4n) is 3.06. The van der Waals surface area contributed by atoms with Gasteiger partial charge in [0.05, 0.1) is 14.2 Å². The van der Waals surface area contributed by atoms with Gasteiger partial charge in [-0.3, -0.25) is 4.79 Å². The molecule has 2 aromatic rings. The Labute approximate surface area is 170 Å². The number of piperazine rings is 1. The number of benzene rings is 2. The van der Waals surface area contributed by atoms with Gasteiger partial charge in [0.2, 0.25) is 10.0 Å². The Morgan fingerprint density at radius 2 is 1.62 bits per heavy atom. The molecule has 0 atom stereocenters. The fourth-order valence-corrected chi connectivity index (χ4v) is 4.65. The van der Waals surface area contributed by atoms with Crippen molar-refractivity contribution in [3.63, 3.8) is 0 Å². The lowest BCUT2D eigenvalue weighted by Crippen LogP contribution is -2.51. The summed E-state index contributed by atoms with van der Waals surface area (Å²) in [7, 11) is -0.890. The Morgan fingerprint density at radius 1 is 0.931 bits per heavy atom. The number of para-hydroxylation sites is 1. The minimum Gasteiger partial charge on any atom is -0.497 e. The molecule has 1 heterocycles. The number of hydrogen-bond acceptors (Lipinski definition) is 6. The molecule has 0 N–H and O–H groups in total. The zero-order valence-electron chi connectivity index (χ0n) is 16.4. The molecule has 0 aromatic heterocycles. The second-order valence-corrected chi connectivity index (χ2v) is 8.31. The molecule has 0 unspecified atom stereocenters. The molecule has 9 heteroatoms. The lowest BCUT2D eigenvalue weighted by Gasteiger charge is -2.34. The highest BCUT2D eigenvalue weighted by atomic mass is 32.2. The maximum Gasteiger partial charge on any atom is 0.260 e. The van der Waals surface area contributed by atoms with Crippen LogP contribution in [0.4, 0.5) is 0 Å². The van der Waals surface area contributed by atoms with E-state index in [1.54, 1.807) is 29.2 Å².